The number of nitrogens with zero attached hydrogens (tertiary/aromatic N) is 1. The summed E-state index contributed by atoms with van der Waals surface area (Å²) in [5.41, 5.74) is 0.635. The molecule has 0 aliphatic carbocycles. The fourth-order valence-corrected chi connectivity index (χ4v) is 3.04. The lowest BCUT2D eigenvalue weighted by molar-refractivity contribution is -0.137. The average molecular weight is 343 g/mol. The minimum Gasteiger partial charge on any atom is -0.478 e. The zero-order valence-electron chi connectivity index (χ0n) is 13.6. The number of hydrogen-bond acceptors (Lipinski definition) is 1. The Morgan fingerprint density at radius 2 is 1.56 bits per heavy atom. The highest BCUT2D eigenvalue weighted by atomic mass is 19.4. The maximum absolute atomic E-state index is 12.8. The van der Waals surface area contributed by atoms with Gasteiger partial charge in [-0.15, -0.1) is 0 Å². The van der Waals surface area contributed by atoms with Crippen LogP contribution in [-0.2, 0) is 11.5 Å². The maximum Gasteiger partial charge on any atom is 0.416 e. The predicted molar refractivity (Wildman–Crippen MR) is 94.5 cm³/mol. The van der Waals surface area contributed by atoms with Gasteiger partial charge >= 0.3 is 12.1 Å². The second kappa shape index (κ2) is 5.72. The van der Waals surface area contributed by atoms with E-state index >= 15 is 0 Å². The number of benzene rings is 2. The Kier molecular flexibility index (Phi) is 3.94. The molecule has 25 heavy (non-hydrogen) atoms. The number of para-hydroxylation sites is 1. The quantitative estimate of drug-likeness (QED) is 0.742. The van der Waals surface area contributed by atoms with Gasteiger partial charge in [-0.25, -0.2) is 4.79 Å². The molecule has 3 aromatic rings. The first-order chi connectivity index (χ1) is 11.6. The van der Waals surface area contributed by atoms with E-state index in [0.717, 1.165) is 17.5 Å². The lowest BCUT2D eigenvalue weighted by atomic mass is 9.57. The zero-order chi connectivity index (χ0) is 18.4. The standard InChI is InChI=1S/C17H14B2F3NO2/c18-16(19,11-4-6-12(7-5-11)17(20,21)22)23-9-8-10-2-1-3-13(14(10)23)15(24)25/h1-9H,18-19H2,(H,24,25). The van der Waals surface area contributed by atoms with Crippen molar-refractivity contribution in [3.05, 3.63) is 71.4 Å². The topological polar surface area (TPSA) is 42.2 Å². The molecule has 8 heteroatoms. The third-order valence-corrected chi connectivity index (χ3v) is 4.46. The van der Waals surface area contributed by atoms with Crippen LogP contribution in [0.3, 0.4) is 0 Å². The molecule has 0 aliphatic heterocycles. The van der Waals surface area contributed by atoms with Crippen molar-refractivity contribution < 1.29 is 23.1 Å². The van der Waals surface area contributed by atoms with Crippen molar-refractivity contribution in [2.75, 3.05) is 0 Å². The Balaban J connectivity index is 2.15. The molecule has 0 bridgehead atoms. The molecule has 0 spiro atoms. The number of alkyl halides is 3. The molecular weight excluding hydrogens is 329 g/mol. The highest BCUT2D eigenvalue weighted by Gasteiger charge is 2.31. The fourth-order valence-electron chi connectivity index (χ4n) is 3.04. The Bertz CT molecular complexity index is 947. The van der Waals surface area contributed by atoms with E-state index < -0.39 is 23.0 Å². The molecule has 126 valence electrons. The van der Waals surface area contributed by atoms with E-state index in [4.69, 9.17) is 0 Å². The summed E-state index contributed by atoms with van der Waals surface area (Å²) in [5.74, 6) is -1.05. The largest absolute Gasteiger partial charge is 0.478 e. The molecule has 0 amide bonds. The molecule has 3 rings (SSSR count). The van der Waals surface area contributed by atoms with E-state index in [1.54, 1.807) is 29.0 Å². The van der Waals surface area contributed by atoms with Gasteiger partial charge in [0.2, 0.25) is 0 Å². The maximum atomic E-state index is 12.8. The van der Waals surface area contributed by atoms with Gasteiger partial charge in [-0.1, -0.05) is 24.3 Å². The summed E-state index contributed by atoms with van der Waals surface area (Å²) < 4.78 is 40.1. The molecule has 0 saturated carbocycles. The highest BCUT2D eigenvalue weighted by Crippen LogP contribution is 2.32. The van der Waals surface area contributed by atoms with Crippen molar-refractivity contribution >= 4 is 32.6 Å². The first-order valence-electron chi connectivity index (χ1n) is 7.64. The van der Waals surface area contributed by atoms with E-state index in [2.05, 4.69) is 0 Å². The van der Waals surface area contributed by atoms with E-state index in [1.165, 1.54) is 18.2 Å². The Hall–Kier alpha value is -2.63. The zero-order valence-corrected chi connectivity index (χ0v) is 13.6. The van der Waals surface area contributed by atoms with Crippen LogP contribution in [0.25, 0.3) is 10.9 Å². The van der Waals surface area contributed by atoms with Gasteiger partial charge in [-0.3, -0.25) is 0 Å². The Labute approximate surface area is 143 Å². The van der Waals surface area contributed by atoms with E-state index in [0.29, 0.717) is 11.1 Å². The minimum atomic E-state index is -4.39. The number of carboxylic acids is 1. The second-order valence-electron chi connectivity index (χ2n) is 6.37. The Morgan fingerprint density at radius 1 is 0.960 bits per heavy atom. The van der Waals surface area contributed by atoms with Crippen LogP contribution in [0.5, 0.6) is 0 Å². The van der Waals surface area contributed by atoms with Gasteiger partial charge in [0, 0.05) is 16.9 Å². The van der Waals surface area contributed by atoms with Crippen LogP contribution < -0.4 is 0 Å². The van der Waals surface area contributed by atoms with Gasteiger partial charge in [0.25, 0.3) is 0 Å². The fraction of sp³-hybridized carbons (Fsp3) is 0.118. The first kappa shape index (κ1) is 17.2. The summed E-state index contributed by atoms with van der Waals surface area (Å²) in [6.07, 6.45) is -2.63. The predicted octanol–water partition coefficient (Wildman–Crippen LogP) is 2.28. The molecule has 0 unspecified atom stereocenters. The monoisotopic (exact) mass is 343 g/mol. The molecule has 1 N–H and O–H groups in total. The van der Waals surface area contributed by atoms with Gasteiger partial charge in [0.05, 0.1) is 16.6 Å². The van der Waals surface area contributed by atoms with E-state index in [1.807, 2.05) is 15.7 Å². The normalized spacial score (nSPS) is 12.4. The van der Waals surface area contributed by atoms with Gasteiger partial charge in [0.1, 0.15) is 15.7 Å². The van der Waals surface area contributed by atoms with Crippen LogP contribution in [0.4, 0.5) is 13.2 Å². The number of carbonyl (C=O) groups is 1. The van der Waals surface area contributed by atoms with Crippen LogP contribution in [0.2, 0.25) is 0 Å². The first-order valence-corrected chi connectivity index (χ1v) is 7.64. The number of rotatable bonds is 3. The van der Waals surface area contributed by atoms with Gasteiger partial charge in [0.15, 0.2) is 0 Å². The van der Waals surface area contributed by atoms with Crippen molar-refractivity contribution in [3.8, 4) is 0 Å². The number of halogens is 3. The van der Waals surface area contributed by atoms with E-state index in [-0.39, 0.29) is 5.56 Å². The molecule has 0 saturated heterocycles. The summed E-state index contributed by atoms with van der Waals surface area (Å²) in [6, 6.07) is 11.7. The summed E-state index contributed by atoms with van der Waals surface area (Å²) in [5, 5.41) is 9.49. The van der Waals surface area contributed by atoms with Crippen molar-refractivity contribution in [1.82, 2.24) is 4.57 Å². The van der Waals surface area contributed by atoms with Crippen LogP contribution in [-0.4, -0.2) is 31.3 Å². The van der Waals surface area contributed by atoms with Crippen LogP contribution >= 0.6 is 0 Å². The second-order valence-corrected chi connectivity index (χ2v) is 6.37. The van der Waals surface area contributed by atoms with Gasteiger partial charge in [-0.2, -0.15) is 13.2 Å². The highest BCUT2D eigenvalue weighted by molar-refractivity contribution is 6.40. The van der Waals surface area contributed by atoms with Crippen LogP contribution in [0.15, 0.2) is 54.7 Å². The lowest BCUT2D eigenvalue weighted by Crippen LogP contribution is -2.35. The molecule has 3 nitrogen and oxygen atoms in total. The molecule has 0 fully saturated rings. The third kappa shape index (κ3) is 2.92. The Morgan fingerprint density at radius 3 is 2.12 bits per heavy atom. The van der Waals surface area contributed by atoms with Crippen molar-refractivity contribution in [3.63, 3.8) is 0 Å². The molecule has 1 aromatic heterocycles. The number of fused-ring (bicyclic) bond motifs is 1. The lowest BCUT2D eigenvalue weighted by Gasteiger charge is -2.30. The summed E-state index contributed by atoms with van der Waals surface area (Å²) in [6.45, 7) is 0. The molecule has 0 aliphatic rings. The van der Waals surface area contributed by atoms with E-state index in [9.17, 15) is 23.1 Å². The molecule has 2 aromatic carbocycles. The number of carboxylic acid groups (broad SMARTS) is 1. The molecular formula is C17H14B2F3NO2. The average Bonchev–Trinajstić information content (AvgIpc) is 2.98. The summed E-state index contributed by atoms with van der Waals surface area (Å²) >= 11 is 0. The van der Waals surface area contributed by atoms with Crippen molar-refractivity contribution in [2.45, 2.75) is 11.5 Å². The SMILES string of the molecule is BC(B)(c1ccc(C(F)(F)F)cc1)n1ccc2cccc(C(=O)O)c21. The smallest absolute Gasteiger partial charge is 0.416 e. The third-order valence-electron chi connectivity index (χ3n) is 4.46. The number of hydrogen-bond donors (Lipinski definition) is 1. The van der Waals surface area contributed by atoms with Crippen LogP contribution in [0, 0.1) is 0 Å². The molecule has 0 radical (unpaired) electrons. The van der Waals surface area contributed by atoms with Crippen LogP contribution in [0.1, 0.15) is 21.5 Å². The minimum absolute atomic E-state index is 0.155. The van der Waals surface area contributed by atoms with Gasteiger partial charge < -0.3 is 9.67 Å². The number of aromatic carboxylic acids is 1. The number of aromatic nitrogens is 1. The van der Waals surface area contributed by atoms with Gasteiger partial charge in [-0.05, 0) is 29.8 Å². The van der Waals surface area contributed by atoms with Crippen molar-refractivity contribution in [2.24, 2.45) is 0 Å². The molecule has 0 atom stereocenters. The van der Waals surface area contributed by atoms with Crippen molar-refractivity contribution in [1.29, 1.82) is 0 Å². The summed E-state index contributed by atoms with van der Waals surface area (Å²) in [7, 11) is 3.68. The molecule has 1 heterocycles. The summed E-state index contributed by atoms with van der Waals surface area (Å²) in [4.78, 5) is 11.5.